The number of thiophene rings is 1. The average Bonchev–Trinajstić information content (AvgIpc) is 3.10. The van der Waals surface area contributed by atoms with E-state index in [1.807, 2.05) is 0 Å². The lowest BCUT2D eigenvalue weighted by Gasteiger charge is -2.10. The molecule has 0 saturated carbocycles. The van der Waals surface area contributed by atoms with E-state index in [-0.39, 0.29) is 16.6 Å². The topological polar surface area (TPSA) is 87.3 Å². The van der Waals surface area contributed by atoms with Gasteiger partial charge in [-0.05, 0) is 54.1 Å². The zero-order chi connectivity index (χ0) is 20.1. The number of urea groups is 1. The summed E-state index contributed by atoms with van der Waals surface area (Å²) in [6.45, 7) is 0.243. The molecule has 2 amide bonds. The molecule has 3 aromatic rings. The predicted molar refractivity (Wildman–Crippen MR) is 109 cm³/mol. The standard InChI is InChI=1S/C18H15ClFN3O3S2/c19-16-9-10-17(27-16)28(25,26)23-15-7-5-14(6-8-15)22-18(24)21-11-12-1-3-13(20)4-2-12/h1-10,23H,11H2,(H2,21,22,24). The summed E-state index contributed by atoms with van der Waals surface area (Å²) in [6, 6.07) is 14.5. The van der Waals surface area contributed by atoms with Crippen molar-refractivity contribution in [1.29, 1.82) is 0 Å². The van der Waals surface area contributed by atoms with Crippen molar-refractivity contribution in [2.75, 3.05) is 10.0 Å². The van der Waals surface area contributed by atoms with E-state index in [1.54, 1.807) is 24.3 Å². The monoisotopic (exact) mass is 439 g/mol. The Morgan fingerprint density at radius 1 is 0.964 bits per heavy atom. The largest absolute Gasteiger partial charge is 0.334 e. The number of halogens is 2. The second kappa shape index (κ2) is 8.59. The van der Waals surface area contributed by atoms with E-state index >= 15 is 0 Å². The van der Waals surface area contributed by atoms with Gasteiger partial charge in [-0.2, -0.15) is 0 Å². The van der Waals surface area contributed by atoms with E-state index in [1.165, 1.54) is 36.4 Å². The van der Waals surface area contributed by atoms with Gasteiger partial charge in [-0.1, -0.05) is 23.7 Å². The lowest BCUT2D eigenvalue weighted by molar-refractivity contribution is 0.251. The molecule has 0 radical (unpaired) electrons. The van der Waals surface area contributed by atoms with Gasteiger partial charge in [0.25, 0.3) is 10.0 Å². The van der Waals surface area contributed by atoms with E-state index in [4.69, 9.17) is 11.6 Å². The minimum absolute atomic E-state index is 0.111. The third-order valence-electron chi connectivity index (χ3n) is 3.57. The normalized spacial score (nSPS) is 11.1. The second-order valence-corrected chi connectivity index (χ2v) is 9.30. The number of hydrogen-bond acceptors (Lipinski definition) is 4. The van der Waals surface area contributed by atoms with Crippen LogP contribution in [-0.4, -0.2) is 14.4 Å². The number of nitrogens with one attached hydrogen (secondary N) is 3. The van der Waals surface area contributed by atoms with Crippen molar-refractivity contribution in [3.05, 3.63) is 76.4 Å². The molecule has 0 aliphatic carbocycles. The highest BCUT2D eigenvalue weighted by molar-refractivity contribution is 7.94. The maximum Gasteiger partial charge on any atom is 0.319 e. The number of anilines is 2. The third-order valence-corrected chi connectivity index (χ3v) is 6.68. The summed E-state index contributed by atoms with van der Waals surface area (Å²) in [4.78, 5) is 11.9. The van der Waals surface area contributed by atoms with Crippen LogP contribution in [-0.2, 0) is 16.6 Å². The number of carbonyl (C=O) groups is 1. The molecular weight excluding hydrogens is 425 g/mol. The summed E-state index contributed by atoms with van der Waals surface area (Å²) in [5.41, 5.74) is 1.59. The van der Waals surface area contributed by atoms with Crippen LogP contribution in [0.4, 0.5) is 20.6 Å². The zero-order valence-electron chi connectivity index (χ0n) is 14.3. The first-order valence-corrected chi connectivity index (χ1v) is 10.7. The minimum atomic E-state index is -3.71. The summed E-state index contributed by atoms with van der Waals surface area (Å²) in [5.74, 6) is -0.342. The molecule has 0 atom stereocenters. The number of rotatable bonds is 6. The predicted octanol–water partition coefficient (Wildman–Crippen LogP) is 4.66. The van der Waals surface area contributed by atoms with Crippen LogP contribution in [0.15, 0.2) is 64.9 Å². The Hall–Kier alpha value is -2.62. The number of carbonyl (C=O) groups excluding carboxylic acids is 1. The van der Waals surface area contributed by atoms with E-state index in [9.17, 15) is 17.6 Å². The molecule has 0 spiro atoms. The van der Waals surface area contributed by atoms with Crippen LogP contribution in [0.25, 0.3) is 0 Å². The van der Waals surface area contributed by atoms with E-state index in [0.29, 0.717) is 15.7 Å². The van der Waals surface area contributed by atoms with E-state index in [2.05, 4.69) is 15.4 Å². The fourth-order valence-corrected chi connectivity index (χ4v) is 4.77. The van der Waals surface area contributed by atoms with Crippen LogP contribution in [0.5, 0.6) is 0 Å². The smallest absolute Gasteiger partial charge is 0.319 e. The Kier molecular flexibility index (Phi) is 6.18. The molecule has 0 fully saturated rings. The number of amides is 2. The Labute approximate surface area is 170 Å². The molecule has 0 aliphatic heterocycles. The molecule has 1 heterocycles. The van der Waals surface area contributed by atoms with Gasteiger partial charge in [0.05, 0.1) is 4.34 Å². The van der Waals surface area contributed by atoms with Gasteiger partial charge in [0.1, 0.15) is 10.0 Å². The highest BCUT2D eigenvalue weighted by atomic mass is 35.5. The van der Waals surface area contributed by atoms with E-state index in [0.717, 1.165) is 16.9 Å². The fraction of sp³-hybridized carbons (Fsp3) is 0.0556. The number of benzene rings is 2. The molecule has 0 aliphatic rings. The van der Waals surface area contributed by atoms with Gasteiger partial charge < -0.3 is 10.6 Å². The number of sulfonamides is 1. The summed E-state index contributed by atoms with van der Waals surface area (Å²) >= 11 is 6.73. The quantitative estimate of drug-likeness (QED) is 0.521. The summed E-state index contributed by atoms with van der Waals surface area (Å²) < 4.78 is 40.3. The van der Waals surface area contributed by atoms with E-state index < -0.39 is 16.1 Å². The highest BCUT2D eigenvalue weighted by Crippen LogP contribution is 2.27. The van der Waals surface area contributed by atoms with Crippen LogP contribution in [0, 0.1) is 5.82 Å². The molecule has 3 N–H and O–H groups in total. The first-order chi connectivity index (χ1) is 13.3. The van der Waals surface area contributed by atoms with Gasteiger partial charge in [0.15, 0.2) is 0 Å². The summed E-state index contributed by atoms with van der Waals surface area (Å²) in [5, 5.41) is 5.28. The van der Waals surface area contributed by atoms with Crippen molar-refractivity contribution >= 4 is 50.4 Å². The second-order valence-electron chi connectivity index (χ2n) is 5.68. The maximum absolute atomic E-state index is 12.9. The van der Waals surface area contributed by atoms with Gasteiger partial charge in [-0.15, -0.1) is 11.3 Å². The van der Waals surface area contributed by atoms with Crippen molar-refractivity contribution < 1.29 is 17.6 Å². The van der Waals surface area contributed by atoms with Crippen molar-refractivity contribution in [2.24, 2.45) is 0 Å². The number of hydrogen-bond donors (Lipinski definition) is 3. The molecule has 10 heteroatoms. The lowest BCUT2D eigenvalue weighted by atomic mass is 10.2. The van der Waals surface area contributed by atoms with Crippen molar-refractivity contribution in [1.82, 2.24) is 5.32 Å². The minimum Gasteiger partial charge on any atom is -0.334 e. The van der Waals surface area contributed by atoms with Crippen molar-refractivity contribution in [3.8, 4) is 0 Å². The Bertz CT molecular complexity index is 1070. The van der Waals surface area contributed by atoms with Gasteiger partial charge in [0, 0.05) is 17.9 Å². The maximum atomic E-state index is 12.9. The van der Waals surface area contributed by atoms with Crippen LogP contribution in [0.3, 0.4) is 0 Å². The Balaban J connectivity index is 1.55. The molecule has 146 valence electrons. The van der Waals surface area contributed by atoms with Crippen LogP contribution >= 0.6 is 22.9 Å². The molecule has 28 heavy (non-hydrogen) atoms. The third kappa shape index (κ3) is 5.44. The Morgan fingerprint density at radius 2 is 1.61 bits per heavy atom. The van der Waals surface area contributed by atoms with Gasteiger partial charge in [0.2, 0.25) is 0 Å². The molecule has 0 bridgehead atoms. The first-order valence-electron chi connectivity index (χ1n) is 7.99. The van der Waals surface area contributed by atoms with Crippen LogP contribution in [0.2, 0.25) is 4.34 Å². The lowest BCUT2D eigenvalue weighted by Crippen LogP contribution is -2.28. The molecule has 3 rings (SSSR count). The summed E-state index contributed by atoms with van der Waals surface area (Å²) in [7, 11) is -3.71. The Morgan fingerprint density at radius 3 is 2.21 bits per heavy atom. The van der Waals surface area contributed by atoms with Crippen LogP contribution in [0.1, 0.15) is 5.56 Å². The molecular formula is C18H15ClFN3O3S2. The fourth-order valence-electron chi connectivity index (χ4n) is 2.23. The van der Waals surface area contributed by atoms with Crippen LogP contribution < -0.4 is 15.4 Å². The van der Waals surface area contributed by atoms with Crippen molar-refractivity contribution in [3.63, 3.8) is 0 Å². The molecule has 1 aromatic heterocycles. The van der Waals surface area contributed by atoms with Crippen molar-refractivity contribution in [2.45, 2.75) is 10.8 Å². The first kappa shape index (κ1) is 20.1. The van der Waals surface area contributed by atoms with Gasteiger partial charge in [-0.3, -0.25) is 4.72 Å². The zero-order valence-corrected chi connectivity index (χ0v) is 16.7. The molecule has 2 aromatic carbocycles. The molecule has 0 saturated heterocycles. The highest BCUT2D eigenvalue weighted by Gasteiger charge is 2.16. The van der Waals surface area contributed by atoms with Gasteiger partial charge >= 0.3 is 6.03 Å². The average molecular weight is 440 g/mol. The summed E-state index contributed by atoms with van der Waals surface area (Å²) in [6.07, 6.45) is 0. The molecule has 0 unspecified atom stereocenters. The molecule has 6 nitrogen and oxygen atoms in total. The SMILES string of the molecule is O=C(NCc1ccc(F)cc1)Nc1ccc(NS(=O)(=O)c2ccc(Cl)s2)cc1. The van der Waals surface area contributed by atoms with Gasteiger partial charge in [-0.25, -0.2) is 17.6 Å².